The molecule has 4 rings (SSSR count). The van der Waals surface area contributed by atoms with Crippen molar-refractivity contribution in [3.05, 3.63) is 81.0 Å². The van der Waals surface area contributed by atoms with Crippen molar-refractivity contribution < 1.29 is 9.72 Å². The first-order valence-electron chi connectivity index (χ1n) is 8.05. The number of rotatable bonds is 4. The van der Waals surface area contributed by atoms with E-state index < -0.39 is 11.8 Å². The lowest BCUT2D eigenvalue weighted by molar-refractivity contribution is -0.484. The Kier molecular flexibility index (Phi) is 3.81. The third kappa shape index (κ3) is 2.70. The van der Waals surface area contributed by atoms with Crippen LogP contribution in [0.5, 0.6) is 0 Å². The van der Waals surface area contributed by atoms with E-state index in [4.69, 9.17) is 11.6 Å². The zero-order valence-electron chi connectivity index (χ0n) is 13.3. The molecule has 1 aliphatic rings. The standard InChI is InChI=1S/C19H15ClN2O3/c20-14-6-7-17-13(9-14)10-18-16(11-21(24)25)15(19(23)22(17)18)8-12-4-2-1-3-5-12/h1-7,9-10,15-16H,8,11H2/t15-,16-/m1/s1. The Morgan fingerprint density at radius 2 is 1.84 bits per heavy atom. The smallest absolute Gasteiger partial charge is 0.235 e. The van der Waals surface area contributed by atoms with Gasteiger partial charge >= 0.3 is 0 Å². The van der Waals surface area contributed by atoms with E-state index in [1.54, 1.807) is 22.8 Å². The van der Waals surface area contributed by atoms with E-state index in [1.807, 2.05) is 36.4 Å². The lowest BCUT2D eigenvalue weighted by Gasteiger charge is -2.14. The SMILES string of the molecule is O=C1[C@H](Cc2ccccc2)[C@@H](C[N+](=O)[O-])c2cc3cc(Cl)ccc3n21. The molecule has 0 unspecified atom stereocenters. The molecule has 0 amide bonds. The molecule has 0 fully saturated rings. The summed E-state index contributed by atoms with van der Waals surface area (Å²) in [4.78, 5) is 23.9. The molecule has 25 heavy (non-hydrogen) atoms. The fourth-order valence-electron chi connectivity index (χ4n) is 3.75. The van der Waals surface area contributed by atoms with Crippen LogP contribution in [0.2, 0.25) is 5.02 Å². The monoisotopic (exact) mass is 354 g/mol. The highest BCUT2D eigenvalue weighted by atomic mass is 35.5. The molecule has 3 aromatic rings. The van der Waals surface area contributed by atoms with Gasteiger partial charge in [0, 0.05) is 21.0 Å². The number of hydrogen-bond donors (Lipinski definition) is 0. The summed E-state index contributed by atoms with van der Waals surface area (Å²) in [5.41, 5.74) is 2.47. The maximum atomic E-state index is 13.1. The number of carbonyl (C=O) groups is 1. The molecular weight excluding hydrogens is 340 g/mol. The van der Waals surface area contributed by atoms with Crippen LogP contribution < -0.4 is 0 Å². The van der Waals surface area contributed by atoms with Crippen LogP contribution >= 0.6 is 11.6 Å². The van der Waals surface area contributed by atoms with Crippen LogP contribution in [0, 0.1) is 16.0 Å². The molecule has 0 N–H and O–H groups in total. The van der Waals surface area contributed by atoms with Gasteiger partial charge in [0.25, 0.3) is 0 Å². The van der Waals surface area contributed by atoms with Gasteiger partial charge in [0.15, 0.2) is 0 Å². The van der Waals surface area contributed by atoms with Crippen LogP contribution in [0.15, 0.2) is 54.6 Å². The molecule has 0 aliphatic carbocycles. The summed E-state index contributed by atoms with van der Waals surface area (Å²) in [6.45, 7) is -0.257. The van der Waals surface area contributed by atoms with Gasteiger partial charge in [-0.05, 0) is 36.2 Å². The molecule has 0 saturated carbocycles. The molecule has 2 atom stereocenters. The van der Waals surface area contributed by atoms with Crippen molar-refractivity contribution in [1.29, 1.82) is 0 Å². The maximum Gasteiger partial charge on any atom is 0.235 e. The topological polar surface area (TPSA) is 65.1 Å². The van der Waals surface area contributed by atoms with Crippen molar-refractivity contribution >= 4 is 28.4 Å². The van der Waals surface area contributed by atoms with Gasteiger partial charge in [-0.2, -0.15) is 0 Å². The number of nitro groups is 1. The van der Waals surface area contributed by atoms with Crippen LogP contribution in [-0.4, -0.2) is 21.9 Å². The summed E-state index contributed by atoms with van der Waals surface area (Å²) < 4.78 is 1.63. The van der Waals surface area contributed by atoms with Crippen molar-refractivity contribution in [2.45, 2.75) is 12.3 Å². The first-order valence-corrected chi connectivity index (χ1v) is 8.43. The fraction of sp³-hybridized carbons (Fsp3) is 0.211. The van der Waals surface area contributed by atoms with Crippen molar-refractivity contribution in [2.75, 3.05) is 6.54 Å². The molecule has 0 radical (unpaired) electrons. The van der Waals surface area contributed by atoms with Crippen LogP contribution in [0.3, 0.4) is 0 Å². The predicted molar refractivity (Wildman–Crippen MR) is 95.8 cm³/mol. The number of nitrogens with zero attached hydrogens (tertiary/aromatic N) is 2. The van der Waals surface area contributed by atoms with Gasteiger partial charge in [0.2, 0.25) is 12.5 Å². The highest BCUT2D eigenvalue weighted by molar-refractivity contribution is 6.31. The van der Waals surface area contributed by atoms with Crippen molar-refractivity contribution in [1.82, 2.24) is 4.57 Å². The van der Waals surface area contributed by atoms with Gasteiger partial charge in [0.05, 0.1) is 17.4 Å². The second kappa shape index (κ2) is 6.01. The number of benzene rings is 2. The highest BCUT2D eigenvalue weighted by Crippen LogP contribution is 2.40. The lowest BCUT2D eigenvalue weighted by atomic mass is 9.86. The Labute approximate surface area is 149 Å². The number of hydrogen-bond acceptors (Lipinski definition) is 3. The molecule has 0 spiro atoms. The lowest BCUT2D eigenvalue weighted by Crippen LogP contribution is -2.23. The second-order valence-electron chi connectivity index (χ2n) is 6.36. The van der Waals surface area contributed by atoms with Crippen LogP contribution in [0.4, 0.5) is 0 Å². The normalized spacial score (nSPS) is 19.3. The van der Waals surface area contributed by atoms with E-state index in [9.17, 15) is 14.9 Å². The van der Waals surface area contributed by atoms with Crippen LogP contribution in [0.25, 0.3) is 10.9 Å². The van der Waals surface area contributed by atoms with E-state index in [0.29, 0.717) is 17.1 Å². The average Bonchev–Trinajstić information content (AvgIpc) is 3.06. The molecule has 0 saturated heterocycles. The minimum Gasteiger partial charge on any atom is -0.283 e. The molecule has 6 heteroatoms. The first-order chi connectivity index (χ1) is 12.0. The summed E-state index contributed by atoms with van der Waals surface area (Å²) in [5.74, 6) is -0.945. The number of aromatic nitrogens is 1. The molecule has 1 aliphatic heterocycles. The quantitative estimate of drug-likeness (QED) is 0.521. The third-order valence-electron chi connectivity index (χ3n) is 4.84. The van der Waals surface area contributed by atoms with Gasteiger partial charge in [-0.15, -0.1) is 0 Å². The van der Waals surface area contributed by atoms with E-state index in [0.717, 1.165) is 16.5 Å². The summed E-state index contributed by atoms with van der Waals surface area (Å²) in [6.07, 6.45) is 0.495. The van der Waals surface area contributed by atoms with Gasteiger partial charge in [-0.1, -0.05) is 41.9 Å². The molecule has 1 aromatic heterocycles. The van der Waals surface area contributed by atoms with Crippen LogP contribution in [-0.2, 0) is 6.42 Å². The summed E-state index contributed by atoms with van der Waals surface area (Å²) in [5, 5.41) is 12.6. The average molecular weight is 355 g/mol. The van der Waals surface area contributed by atoms with E-state index in [-0.39, 0.29) is 17.4 Å². The molecule has 2 aromatic carbocycles. The number of carbonyl (C=O) groups excluding carboxylic acids is 1. The number of halogens is 1. The minimum absolute atomic E-state index is 0.0805. The van der Waals surface area contributed by atoms with Crippen molar-refractivity contribution in [3.63, 3.8) is 0 Å². The summed E-state index contributed by atoms with van der Waals surface area (Å²) in [6, 6.07) is 16.8. The van der Waals surface area contributed by atoms with E-state index >= 15 is 0 Å². The molecule has 126 valence electrons. The van der Waals surface area contributed by atoms with Gasteiger partial charge in [0.1, 0.15) is 0 Å². The van der Waals surface area contributed by atoms with Crippen LogP contribution in [0.1, 0.15) is 22.0 Å². The Balaban J connectivity index is 1.80. The predicted octanol–water partition coefficient (Wildman–Crippen LogP) is 4.17. The largest absolute Gasteiger partial charge is 0.283 e. The Morgan fingerprint density at radius 1 is 1.08 bits per heavy atom. The van der Waals surface area contributed by atoms with E-state index in [2.05, 4.69) is 0 Å². The second-order valence-corrected chi connectivity index (χ2v) is 6.80. The summed E-state index contributed by atoms with van der Waals surface area (Å²) in [7, 11) is 0. The van der Waals surface area contributed by atoms with Gasteiger partial charge < -0.3 is 0 Å². The van der Waals surface area contributed by atoms with Crippen molar-refractivity contribution in [3.8, 4) is 0 Å². The Hall–Kier alpha value is -2.66. The van der Waals surface area contributed by atoms with Crippen molar-refractivity contribution in [2.24, 2.45) is 5.92 Å². The molecule has 2 heterocycles. The number of fused-ring (bicyclic) bond motifs is 3. The van der Waals surface area contributed by atoms with Gasteiger partial charge in [-0.3, -0.25) is 19.5 Å². The van der Waals surface area contributed by atoms with Gasteiger partial charge in [-0.25, -0.2) is 0 Å². The fourth-order valence-corrected chi connectivity index (χ4v) is 3.93. The first kappa shape index (κ1) is 15.8. The highest BCUT2D eigenvalue weighted by Gasteiger charge is 2.43. The molecule has 0 bridgehead atoms. The minimum atomic E-state index is -0.436. The van der Waals surface area contributed by atoms with E-state index in [1.165, 1.54) is 0 Å². The zero-order chi connectivity index (χ0) is 17.6. The third-order valence-corrected chi connectivity index (χ3v) is 5.07. The molecular formula is C19H15ClN2O3. The molecule has 5 nitrogen and oxygen atoms in total. The summed E-state index contributed by atoms with van der Waals surface area (Å²) >= 11 is 6.03. The maximum absolute atomic E-state index is 13.1. The zero-order valence-corrected chi connectivity index (χ0v) is 14.0. The Bertz CT molecular complexity index is 981. The Morgan fingerprint density at radius 3 is 2.56 bits per heavy atom.